The number of carboxylic acids is 1. The second-order valence-electron chi connectivity index (χ2n) is 6.02. The van der Waals surface area contributed by atoms with Crippen LogP contribution in [0.5, 0.6) is 11.5 Å². The summed E-state index contributed by atoms with van der Waals surface area (Å²) < 4.78 is 10.9. The SMILES string of the molecule is COc1ccc(COc2ccc(C(CC(=O)O)C3=NOCC3)cc2)cc1. The summed E-state index contributed by atoms with van der Waals surface area (Å²) in [5.41, 5.74) is 2.71. The molecule has 0 spiro atoms. The van der Waals surface area contributed by atoms with Crippen molar-refractivity contribution in [3.63, 3.8) is 0 Å². The molecule has 1 unspecified atom stereocenters. The lowest BCUT2D eigenvalue weighted by Gasteiger charge is -2.15. The summed E-state index contributed by atoms with van der Waals surface area (Å²) in [5, 5.41) is 13.2. The minimum absolute atomic E-state index is 0.00571. The predicted molar refractivity (Wildman–Crippen MR) is 96.8 cm³/mol. The Morgan fingerprint density at radius 3 is 2.42 bits per heavy atom. The molecular formula is C20H21NO5. The summed E-state index contributed by atoms with van der Waals surface area (Å²) in [6.07, 6.45) is 0.655. The predicted octanol–water partition coefficient (Wildman–Crippen LogP) is 3.61. The zero-order valence-corrected chi connectivity index (χ0v) is 14.6. The number of hydrogen-bond donors (Lipinski definition) is 1. The van der Waals surface area contributed by atoms with E-state index in [2.05, 4.69) is 5.16 Å². The Morgan fingerprint density at radius 2 is 1.85 bits per heavy atom. The smallest absolute Gasteiger partial charge is 0.304 e. The lowest BCUT2D eigenvalue weighted by Crippen LogP contribution is -2.15. The van der Waals surface area contributed by atoms with E-state index in [1.165, 1.54) is 0 Å². The van der Waals surface area contributed by atoms with Crippen LogP contribution in [0.1, 0.15) is 29.9 Å². The first-order valence-corrected chi connectivity index (χ1v) is 8.42. The Bertz CT molecular complexity index is 768. The third-order valence-corrected chi connectivity index (χ3v) is 4.26. The van der Waals surface area contributed by atoms with Crippen molar-refractivity contribution in [2.75, 3.05) is 13.7 Å². The first kappa shape index (κ1) is 17.8. The largest absolute Gasteiger partial charge is 0.497 e. The van der Waals surface area contributed by atoms with Gasteiger partial charge in [-0.1, -0.05) is 29.4 Å². The van der Waals surface area contributed by atoms with Gasteiger partial charge in [-0.3, -0.25) is 4.79 Å². The monoisotopic (exact) mass is 355 g/mol. The lowest BCUT2D eigenvalue weighted by atomic mass is 9.89. The Hall–Kier alpha value is -3.02. The van der Waals surface area contributed by atoms with Crippen LogP contribution < -0.4 is 9.47 Å². The van der Waals surface area contributed by atoms with E-state index in [0.29, 0.717) is 19.6 Å². The molecule has 1 atom stereocenters. The first-order valence-electron chi connectivity index (χ1n) is 8.42. The van der Waals surface area contributed by atoms with E-state index in [0.717, 1.165) is 28.3 Å². The molecule has 3 rings (SSSR count). The maximum atomic E-state index is 11.2. The van der Waals surface area contributed by atoms with Crippen LogP contribution in [0.2, 0.25) is 0 Å². The van der Waals surface area contributed by atoms with E-state index in [1.54, 1.807) is 7.11 Å². The highest BCUT2D eigenvalue weighted by atomic mass is 16.6. The number of carboxylic acid groups (broad SMARTS) is 1. The molecule has 0 bridgehead atoms. The number of nitrogens with zero attached hydrogens (tertiary/aromatic N) is 1. The number of ether oxygens (including phenoxy) is 2. The Morgan fingerprint density at radius 1 is 1.15 bits per heavy atom. The molecule has 0 aliphatic carbocycles. The van der Waals surface area contributed by atoms with Crippen LogP contribution in [0.15, 0.2) is 53.7 Å². The molecule has 1 aliphatic rings. The zero-order chi connectivity index (χ0) is 18.4. The highest BCUT2D eigenvalue weighted by molar-refractivity contribution is 5.94. The minimum atomic E-state index is -0.857. The van der Waals surface area contributed by atoms with E-state index in [-0.39, 0.29) is 12.3 Å². The van der Waals surface area contributed by atoms with E-state index < -0.39 is 5.97 Å². The average molecular weight is 355 g/mol. The van der Waals surface area contributed by atoms with Gasteiger partial charge in [-0.05, 0) is 35.4 Å². The van der Waals surface area contributed by atoms with E-state index >= 15 is 0 Å². The number of hydrogen-bond acceptors (Lipinski definition) is 5. The van der Waals surface area contributed by atoms with Crippen molar-refractivity contribution in [1.82, 2.24) is 0 Å². The first-order chi connectivity index (χ1) is 12.7. The molecule has 0 amide bonds. The van der Waals surface area contributed by atoms with Crippen molar-refractivity contribution in [1.29, 1.82) is 0 Å². The van der Waals surface area contributed by atoms with Crippen LogP contribution in [0, 0.1) is 0 Å². The van der Waals surface area contributed by atoms with Crippen molar-refractivity contribution in [3.05, 3.63) is 59.7 Å². The van der Waals surface area contributed by atoms with Crippen LogP contribution in [-0.4, -0.2) is 30.5 Å². The molecule has 2 aromatic rings. The Kier molecular flexibility index (Phi) is 5.73. The molecule has 26 heavy (non-hydrogen) atoms. The summed E-state index contributed by atoms with van der Waals surface area (Å²) in [7, 11) is 1.63. The molecule has 0 fully saturated rings. The highest BCUT2D eigenvalue weighted by Gasteiger charge is 2.24. The number of aliphatic carboxylic acids is 1. The minimum Gasteiger partial charge on any atom is -0.497 e. The average Bonchev–Trinajstić information content (AvgIpc) is 3.20. The molecule has 0 saturated carbocycles. The van der Waals surface area contributed by atoms with E-state index in [4.69, 9.17) is 14.3 Å². The molecule has 1 heterocycles. The van der Waals surface area contributed by atoms with Crippen LogP contribution in [0.3, 0.4) is 0 Å². The molecule has 0 aromatic heterocycles. The number of methoxy groups -OCH3 is 1. The van der Waals surface area contributed by atoms with Gasteiger partial charge in [0.15, 0.2) is 0 Å². The molecular weight excluding hydrogens is 334 g/mol. The fourth-order valence-corrected chi connectivity index (χ4v) is 2.85. The summed E-state index contributed by atoms with van der Waals surface area (Å²) >= 11 is 0. The van der Waals surface area contributed by atoms with Crippen molar-refractivity contribution in [2.45, 2.75) is 25.4 Å². The van der Waals surface area contributed by atoms with Crippen LogP contribution in [-0.2, 0) is 16.2 Å². The molecule has 0 saturated heterocycles. The van der Waals surface area contributed by atoms with Gasteiger partial charge in [-0.25, -0.2) is 0 Å². The third-order valence-electron chi connectivity index (χ3n) is 4.26. The maximum Gasteiger partial charge on any atom is 0.304 e. The Labute approximate surface area is 152 Å². The van der Waals surface area contributed by atoms with Crippen molar-refractivity contribution in [3.8, 4) is 11.5 Å². The molecule has 136 valence electrons. The van der Waals surface area contributed by atoms with Crippen molar-refractivity contribution < 1.29 is 24.2 Å². The molecule has 2 aromatic carbocycles. The Balaban J connectivity index is 1.65. The highest BCUT2D eigenvalue weighted by Crippen LogP contribution is 2.27. The molecule has 1 aliphatic heterocycles. The maximum absolute atomic E-state index is 11.2. The number of oxime groups is 1. The molecule has 0 radical (unpaired) electrons. The van der Waals surface area contributed by atoms with Crippen LogP contribution >= 0.6 is 0 Å². The number of benzene rings is 2. The van der Waals surface area contributed by atoms with Crippen molar-refractivity contribution >= 4 is 11.7 Å². The van der Waals surface area contributed by atoms with Crippen LogP contribution in [0.4, 0.5) is 0 Å². The second-order valence-corrected chi connectivity index (χ2v) is 6.02. The van der Waals surface area contributed by atoms with E-state index in [1.807, 2.05) is 48.5 Å². The van der Waals surface area contributed by atoms with Gasteiger partial charge >= 0.3 is 5.97 Å². The topological polar surface area (TPSA) is 77.4 Å². The summed E-state index contributed by atoms with van der Waals surface area (Å²) in [6, 6.07) is 15.2. The van der Waals surface area contributed by atoms with Gasteiger partial charge in [0.25, 0.3) is 0 Å². The number of carbonyl (C=O) groups is 1. The van der Waals surface area contributed by atoms with Gasteiger partial charge in [-0.2, -0.15) is 0 Å². The second kappa shape index (κ2) is 8.38. The van der Waals surface area contributed by atoms with Gasteiger partial charge in [0.1, 0.15) is 24.7 Å². The van der Waals surface area contributed by atoms with Gasteiger partial charge in [0.05, 0.1) is 19.2 Å². The zero-order valence-electron chi connectivity index (χ0n) is 14.6. The van der Waals surface area contributed by atoms with Crippen molar-refractivity contribution in [2.24, 2.45) is 5.16 Å². The molecule has 1 N–H and O–H groups in total. The van der Waals surface area contributed by atoms with Crippen LogP contribution in [0.25, 0.3) is 0 Å². The summed E-state index contributed by atoms with van der Waals surface area (Å²) in [5.74, 6) is 0.403. The lowest BCUT2D eigenvalue weighted by molar-refractivity contribution is -0.137. The van der Waals surface area contributed by atoms with Gasteiger partial charge in [-0.15, -0.1) is 0 Å². The number of rotatable bonds is 8. The molecule has 6 nitrogen and oxygen atoms in total. The summed E-state index contributed by atoms with van der Waals surface area (Å²) in [6.45, 7) is 0.955. The normalized spacial score (nSPS) is 14.3. The van der Waals surface area contributed by atoms with E-state index in [9.17, 15) is 9.90 Å². The fraction of sp³-hybridized carbons (Fsp3) is 0.300. The van der Waals surface area contributed by atoms with Gasteiger partial charge in [0, 0.05) is 12.3 Å². The fourth-order valence-electron chi connectivity index (χ4n) is 2.85. The molecule has 6 heteroatoms. The third kappa shape index (κ3) is 4.53. The van der Waals surface area contributed by atoms with Gasteiger partial charge < -0.3 is 19.4 Å². The standard InChI is InChI=1S/C20H21NO5/c1-24-16-6-2-14(3-7-16)13-25-17-8-4-15(5-9-17)18(12-20(22)23)19-10-11-26-21-19/h2-9,18H,10-13H2,1H3,(H,22,23). The quantitative estimate of drug-likeness (QED) is 0.783. The summed E-state index contributed by atoms with van der Waals surface area (Å²) in [4.78, 5) is 16.2. The van der Waals surface area contributed by atoms with Gasteiger partial charge in [0.2, 0.25) is 0 Å².